The van der Waals surface area contributed by atoms with Crippen molar-refractivity contribution in [3.8, 4) is 11.5 Å². The number of benzene rings is 2. The molecule has 0 aliphatic carbocycles. The Kier molecular flexibility index (Phi) is 9.68. The molecule has 2 aromatic rings. The number of rotatable bonds is 10. The fourth-order valence-electron chi connectivity index (χ4n) is 3.16. The summed E-state index contributed by atoms with van der Waals surface area (Å²) in [6.07, 6.45) is 0.775. The van der Waals surface area contributed by atoms with Gasteiger partial charge in [0.1, 0.15) is 0 Å². The predicted octanol–water partition coefficient (Wildman–Crippen LogP) is 3.31. The van der Waals surface area contributed by atoms with Crippen LogP contribution in [0.25, 0.3) is 0 Å². The van der Waals surface area contributed by atoms with E-state index in [1.165, 1.54) is 0 Å². The van der Waals surface area contributed by atoms with Gasteiger partial charge < -0.3 is 25.4 Å². The molecule has 3 N–H and O–H groups in total. The molecule has 0 aliphatic rings. The van der Waals surface area contributed by atoms with Gasteiger partial charge in [0, 0.05) is 26.2 Å². The number of guanidine groups is 1. The summed E-state index contributed by atoms with van der Waals surface area (Å²) in [6, 6.07) is 13.6. The summed E-state index contributed by atoms with van der Waals surface area (Å²) < 4.78 is 11.4. The summed E-state index contributed by atoms with van der Waals surface area (Å²) in [6.45, 7) is 7.85. The van der Waals surface area contributed by atoms with Gasteiger partial charge in [-0.05, 0) is 62.6 Å². The van der Waals surface area contributed by atoms with E-state index >= 15 is 0 Å². The minimum Gasteiger partial charge on any atom is -0.490 e. The zero-order chi connectivity index (χ0) is 22.6. The molecule has 0 bridgehead atoms. The Balaban J connectivity index is 1.95. The van der Waals surface area contributed by atoms with E-state index in [1.807, 2.05) is 56.3 Å². The molecular weight excluding hydrogens is 392 g/mol. The maximum atomic E-state index is 11.8. The number of carbonyl (C=O) groups is 1. The second-order valence-corrected chi connectivity index (χ2v) is 6.97. The summed E-state index contributed by atoms with van der Waals surface area (Å²) in [5.41, 5.74) is 2.83. The maximum absolute atomic E-state index is 11.8. The first-order chi connectivity index (χ1) is 15.0. The van der Waals surface area contributed by atoms with Crippen LogP contribution in [0.4, 0.5) is 0 Å². The molecular formula is C24H34N4O3. The average Bonchev–Trinajstić information content (AvgIpc) is 2.79. The Morgan fingerprint density at radius 3 is 2.48 bits per heavy atom. The topological polar surface area (TPSA) is 84.0 Å². The highest BCUT2D eigenvalue weighted by Gasteiger charge is 2.12. The third-order valence-electron chi connectivity index (χ3n) is 4.77. The maximum Gasteiger partial charge on any atom is 0.251 e. The fourth-order valence-corrected chi connectivity index (χ4v) is 3.16. The first-order valence-corrected chi connectivity index (χ1v) is 10.7. The summed E-state index contributed by atoms with van der Waals surface area (Å²) in [5, 5.41) is 9.39. The molecule has 1 amide bonds. The quantitative estimate of drug-likeness (QED) is 0.401. The average molecular weight is 427 g/mol. The van der Waals surface area contributed by atoms with Crippen molar-refractivity contribution < 1.29 is 14.3 Å². The molecule has 0 fully saturated rings. The molecule has 0 radical (unpaired) electrons. The van der Waals surface area contributed by atoms with Crippen LogP contribution in [0.2, 0.25) is 0 Å². The highest BCUT2D eigenvalue weighted by atomic mass is 16.5. The summed E-state index contributed by atoms with van der Waals surface area (Å²) in [7, 11) is 3.38. The standard InChI is InChI=1S/C24H34N4O3/c1-6-30-21-12-11-19(16-22(21)31-7-2)17(3)28-24(26-5)27-14-13-18-9-8-10-20(15-18)23(29)25-4/h8-12,15-17H,6-7,13-14H2,1-5H3,(H,25,29)(H2,26,27,28). The highest BCUT2D eigenvalue weighted by Crippen LogP contribution is 2.30. The van der Waals surface area contributed by atoms with Crippen molar-refractivity contribution in [2.45, 2.75) is 33.2 Å². The number of hydrogen-bond donors (Lipinski definition) is 3. The molecule has 0 spiro atoms. The van der Waals surface area contributed by atoms with Crippen LogP contribution in [0.15, 0.2) is 47.5 Å². The second kappa shape index (κ2) is 12.5. The van der Waals surface area contributed by atoms with Crippen molar-refractivity contribution in [1.82, 2.24) is 16.0 Å². The summed E-state index contributed by atoms with van der Waals surface area (Å²) in [4.78, 5) is 16.1. The van der Waals surface area contributed by atoms with Crippen LogP contribution in [-0.2, 0) is 6.42 Å². The molecule has 0 saturated carbocycles. The lowest BCUT2D eigenvalue weighted by Gasteiger charge is -2.20. The SMILES string of the molecule is CCOc1ccc(C(C)NC(=NC)NCCc2cccc(C(=O)NC)c2)cc1OCC. The molecule has 1 atom stereocenters. The number of ether oxygens (including phenoxy) is 2. The van der Waals surface area contributed by atoms with Crippen molar-refractivity contribution in [3.63, 3.8) is 0 Å². The first kappa shape index (κ1) is 24.1. The van der Waals surface area contributed by atoms with Crippen molar-refractivity contribution >= 4 is 11.9 Å². The number of amides is 1. The van der Waals surface area contributed by atoms with Crippen LogP contribution in [-0.4, -0.2) is 45.7 Å². The van der Waals surface area contributed by atoms with Gasteiger partial charge in [-0.2, -0.15) is 0 Å². The van der Waals surface area contributed by atoms with Gasteiger partial charge in [0.05, 0.1) is 19.3 Å². The van der Waals surface area contributed by atoms with Gasteiger partial charge in [0.2, 0.25) is 0 Å². The monoisotopic (exact) mass is 426 g/mol. The van der Waals surface area contributed by atoms with Gasteiger partial charge in [-0.1, -0.05) is 18.2 Å². The smallest absolute Gasteiger partial charge is 0.251 e. The van der Waals surface area contributed by atoms with E-state index in [1.54, 1.807) is 14.1 Å². The number of aliphatic imine (C=N–C) groups is 1. The Bertz CT molecular complexity index is 883. The molecule has 0 heterocycles. The molecule has 0 saturated heterocycles. The van der Waals surface area contributed by atoms with Crippen LogP contribution in [0.5, 0.6) is 11.5 Å². The summed E-state index contributed by atoms with van der Waals surface area (Å²) >= 11 is 0. The van der Waals surface area contributed by atoms with E-state index in [4.69, 9.17) is 9.47 Å². The molecule has 2 aromatic carbocycles. The van der Waals surface area contributed by atoms with Crippen molar-refractivity contribution in [1.29, 1.82) is 0 Å². The molecule has 7 heteroatoms. The minimum atomic E-state index is -0.0807. The van der Waals surface area contributed by atoms with Crippen LogP contribution in [0.3, 0.4) is 0 Å². The second-order valence-electron chi connectivity index (χ2n) is 6.97. The highest BCUT2D eigenvalue weighted by molar-refractivity contribution is 5.94. The van der Waals surface area contributed by atoms with Crippen molar-refractivity contribution in [2.24, 2.45) is 4.99 Å². The molecule has 0 aromatic heterocycles. The molecule has 0 aliphatic heterocycles. The Labute approximate surface area is 185 Å². The van der Waals surface area contributed by atoms with Gasteiger partial charge in [-0.15, -0.1) is 0 Å². The van der Waals surface area contributed by atoms with E-state index in [-0.39, 0.29) is 11.9 Å². The van der Waals surface area contributed by atoms with E-state index in [0.717, 1.165) is 29.0 Å². The lowest BCUT2D eigenvalue weighted by molar-refractivity contribution is 0.0963. The molecule has 31 heavy (non-hydrogen) atoms. The van der Waals surface area contributed by atoms with Crippen molar-refractivity contribution in [2.75, 3.05) is 33.9 Å². The van der Waals surface area contributed by atoms with E-state index in [0.29, 0.717) is 31.3 Å². The number of nitrogens with one attached hydrogen (secondary N) is 3. The molecule has 168 valence electrons. The number of carbonyl (C=O) groups excluding carboxylic acids is 1. The molecule has 1 unspecified atom stereocenters. The number of nitrogens with zero attached hydrogens (tertiary/aromatic N) is 1. The predicted molar refractivity (Wildman–Crippen MR) is 125 cm³/mol. The van der Waals surface area contributed by atoms with Crippen molar-refractivity contribution in [3.05, 3.63) is 59.2 Å². The van der Waals surface area contributed by atoms with Gasteiger partial charge >= 0.3 is 0 Å². The summed E-state index contributed by atoms with van der Waals surface area (Å²) in [5.74, 6) is 2.13. The third-order valence-corrected chi connectivity index (χ3v) is 4.77. The van der Waals surface area contributed by atoms with Crippen LogP contribution in [0, 0.1) is 0 Å². The zero-order valence-corrected chi connectivity index (χ0v) is 19.1. The van der Waals surface area contributed by atoms with Crippen LogP contribution < -0.4 is 25.4 Å². The minimum absolute atomic E-state index is 0.0256. The zero-order valence-electron chi connectivity index (χ0n) is 19.1. The lowest BCUT2D eigenvalue weighted by atomic mass is 10.1. The van der Waals surface area contributed by atoms with Gasteiger partial charge in [-0.25, -0.2) is 0 Å². The normalized spacial score (nSPS) is 12.1. The van der Waals surface area contributed by atoms with Gasteiger partial charge in [0.15, 0.2) is 17.5 Å². The Morgan fingerprint density at radius 1 is 1.06 bits per heavy atom. The van der Waals surface area contributed by atoms with E-state index in [9.17, 15) is 4.79 Å². The lowest BCUT2D eigenvalue weighted by Crippen LogP contribution is -2.39. The first-order valence-electron chi connectivity index (χ1n) is 10.7. The third kappa shape index (κ3) is 7.20. The number of hydrogen-bond acceptors (Lipinski definition) is 4. The molecule has 2 rings (SSSR count). The van der Waals surface area contributed by atoms with Crippen LogP contribution in [0.1, 0.15) is 48.3 Å². The Hall–Kier alpha value is -3.22. The fraction of sp³-hybridized carbons (Fsp3) is 0.417. The largest absolute Gasteiger partial charge is 0.490 e. The van der Waals surface area contributed by atoms with Gasteiger partial charge in [-0.3, -0.25) is 9.79 Å². The van der Waals surface area contributed by atoms with E-state index in [2.05, 4.69) is 27.9 Å². The van der Waals surface area contributed by atoms with Crippen LogP contribution >= 0.6 is 0 Å². The van der Waals surface area contributed by atoms with E-state index < -0.39 is 0 Å². The molecule has 7 nitrogen and oxygen atoms in total. The van der Waals surface area contributed by atoms with Gasteiger partial charge in [0.25, 0.3) is 5.91 Å². The Morgan fingerprint density at radius 2 is 1.81 bits per heavy atom.